The summed E-state index contributed by atoms with van der Waals surface area (Å²) in [6.45, 7) is 11.9. The van der Waals surface area contributed by atoms with E-state index >= 15 is 0 Å². The Morgan fingerprint density at radius 2 is 1.48 bits per heavy atom. The number of nitrogens with zero attached hydrogens (tertiary/aromatic N) is 3. The van der Waals surface area contributed by atoms with Gasteiger partial charge in [-0.15, -0.1) is 0 Å². The molecule has 1 aliphatic heterocycles. The molecule has 8 heteroatoms. The fraction of sp³-hybridized carbons (Fsp3) is 0.474. The van der Waals surface area contributed by atoms with E-state index in [2.05, 4.69) is 19.6 Å². The SMILES string of the molecule is Cc1cc(C)c(S(=O)(=O)Nc2c(C)nc(N3CCOCC3)nc2C)c(C)c1. The van der Waals surface area contributed by atoms with E-state index in [-0.39, 0.29) is 0 Å². The lowest BCUT2D eigenvalue weighted by atomic mass is 10.1. The maximum Gasteiger partial charge on any atom is 0.262 e. The van der Waals surface area contributed by atoms with Gasteiger partial charge in [0.25, 0.3) is 10.0 Å². The van der Waals surface area contributed by atoms with Crippen LogP contribution in [-0.4, -0.2) is 44.7 Å². The summed E-state index contributed by atoms with van der Waals surface area (Å²) in [4.78, 5) is 11.4. The molecule has 0 spiro atoms. The quantitative estimate of drug-likeness (QED) is 0.864. The standard InChI is InChI=1S/C19H26N4O3S/c1-12-10-13(2)18(14(3)11-12)27(24,25)22-17-15(4)20-19(21-16(17)5)23-6-8-26-9-7-23/h10-11,22H,6-9H2,1-5H3. The molecule has 0 amide bonds. The van der Waals surface area contributed by atoms with Crippen molar-refractivity contribution in [3.05, 3.63) is 40.2 Å². The lowest BCUT2D eigenvalue weighted by Crippen LogP contribution is -2.37. The van der Waals surface area contributed by atoms with E-state index in [4.69, 9.17) is 4.74 Å². The number of sulfonamides is 1. The summed E-state index contributed by atoms with van der Waals surface area (Å²) in [5.74, 6) is 0.610. The molecule has 1 aromatic carbocycles. The number of hydrogen-bond donors (Lipinski definition) is 1. The molecule has 0 radical (unpaired) electrons. The van der Waals surface area contributed by atoms with Gasteiger partial charge in [-0.2, -0.15) is 0 Å². The molecule has 27 heavy (non-hydrogen) atoms. The van der Waals surface area contributed by atoms with Crippen LogP contribution in [0.1, 0.15) is 28.1 Å². The smallest absolute Gasteiger partial charge is 0.262 e. The lowest BCUT2D eigenvalue weighted by molar-refractivity contribution is 0.122. The van der Waals surface area contributed by atoms with Crippen molar-refractivity contribution in [1.82, 2.24) is 9.97 Å². The first kappa shape index (κ1) is 19.6. The molecule has 1 N–H and O–H groups in total. The molecule has 0 aliphatic carbocycles. The Balaban J connectivity index is 1.95. The summed E-state index contributed by atoms with van der Waals surface area (Å²) in [6, 6.07) is 3.75. The van der Waals surface area contributed by atoms with Crippen LogP contribution in [0.4, 0.5) is 11.6 Å². The molecule has 1 saturated heterocycles. The molecule has 3 rings (SSSR count). The number of aryl methyl sites for hydroxylation is 5. The fourth-order valence-electron chi connectivity index (χ4n) is 3.53. The molecule has 1 aliphatic rings. The van der Waals surface area contributed by atoms with Crippen LogP contribution in [-0.2, 0) is 14.8 Å². The van der Waals surface area contributed by atoms with Crippen LogP contribution in [0.25, 0.3) is 0 Å². The maximum atomic E-state index is 13.1. The van der Waals surface area contributed by atoms with Gasteiger partial charge in [-0.25, -0.2) is 18.4 Å². The number of ether oxygens (including phenoxy) is 1. The van der Waals surface area contributed by atoms with Crippen LogP contribution in [0, 0.1) is 34.6 Å². The molecular weight excluding hydrogens is 364 g/mol. The molecule has 0 atom stereocenters. The van der Waals surface area contributed by atoms with Gasteiger partial charge >= 0.3 is 0 Å². The number of aromatic nitrogens is 2. The lowest BCUT2D eigenvalue weighted by Gasteiger charge is -2.27. The van der Waals surface area contributed by atoms with Gasteiger partial charge in [0.2, 0.25) is 5.95 Å². The second-order valence-electron chi connectivity index (χ2n) is 7.00. The average molecular weight is 391 g/mol. The molecular formula is C19H26N4O3S. The van der Waals surface area contributed by atoms with Crippen LogP contribution in [0.3, 0.4) is 0 Å². The van der Waals surface area contributed by atoms with Crippen molar-refractivity contribution < 1.29 is 13.2 Å². The molecule has 7 nitrogen and oxygen atoms in total. The van der Waals surface area contributed by atoms with E-state index in [1.807, 2.05) is 32.9 Å². The van der Waals surface area contributed by atoms with E-state index in [1.54, 1.807) is 13.8 Å². The van der Waals surface area contributed by atoms with Gasteiger partial charge in [0, 0.05) is 13.1 Å². The molecule has 1 aromatic heterocycles. The average Bonchev–Trinajstić information content (AvgIpc) is 2.57. The first-order chi connectivity index (χ1) is 12.7. The Labute approximate surface area is 160 Å². The van der Waals surface area contributed by atoms with Gasteiger partial charge in [-0.1, -0.05) is 17.7 Å². The predicted octanol–water partition coefficient (Wildman–Crippen LogP) is 2.66. The van der Waals surface area contributed by atoms with E-state index < -0.39 is 10.0 Å². The third-order valence-corrected chi connectivity index (χ3v) is 6.32. The van der Waals surface area contributed by atoms with Gasteiger partial charge in [0.1, 0.15) is 0 Å². The first-order valence-corrected chi connectivity index (χ1v) is 10.5. The van der Waals surface area contributed by atoms with Crippen molar-refractivity contribution in [2.75, 3.05) is 35.9 Å². The Kier molecular flexibility index (Phi) is 5.39. The van der Waals surface area contributed by atoms with E-state index in [1.165, 1.54) is 0 Å². The molecule has 0 unspecified atom stereocenters. The zero-order valence-corrected chi connectivity index (χ0v) is 17.3. The molecule has 2 aromatic rings. The van der Waals surface area contributed by atoms with Gasteiger partial charge < -0.3 is 9.64 Å². The van der Waals surface area contributed by atoms with Crippen molar-refractivity contribution in [3.8, 4) is 0 Å². The van der Waals surface area contributed by atoms with Crippen LogP contribution in [0.15, 0.2) is 17.0 Å². The number of rotatable bonds is 4. The number of benzene rings is 1. The normalized spacial score (nSPS) is 15.1. The van der Waals surface area contributed by atoms with Crippen LogP contribution in [0.5, 0.6) is 0 Å². The monoisotopic (exact) mass is 390 g/mol. The molecule has 1 fully saturated rings. The zero-order valence-electron chi connectivity index (χ0n) is 16.5. The minimum absolute atomic E-state index is 0.309. The van der Waals surface area contributed by atoms with Crippen LogP contribution in [0.2, 0.25) is 0 Å². The number of anilines is 2. The fourth-order valence-corrected chi connectivity index (χ4v) is 5.16. The van der Waals surface area contributed by atoms with Crippen molar-refractivity contribution in [2.45, 2.75) is 39.5 Å². The van der Waals surface area contributed by atoms with Crippen LogP contribution < -0.4 is 9.62 Å². The molecule has 0 bridgehead atoms. The third kappa shape index (κ3) is 4.06. The largest absolute Gasteiger partial charge is 0.378 e. The minimum Gasteiger partial charge on any atom is -0.378 e. The topological polar surface area (TPSA) is 84.4 Å². The first-order valence-electron chi connectivity index (χ1n) is 8.97. The van der Waals surface area contributed by atoms with Gasteiger partial charge in [0.05, 0.1) is 35.2 Å². The Bertz CT molecular complexity index is 921. The highest BCUT2D eigenvalue weighted by Crippen LogP contribution is 2.27. The highest BCUT2D eigenvalue weighted by Gasteiger charge is 2.23. The number of hydrogen-bond acceptors (Lipinski definition) is 6. The third-order valence-electron chi connectivity index (χ3n) is 4.66. The van der Waals surface area contributed by atoms with Crippen molar-refractivity contribution >= 4 is 21.7 Å². The Morgan fingerprint density at radius 3 is 2.00 bits per heavy atom. The predicted molar refractivity (Wildman–Crippen MR) is 106 cm³/mol. The summed E-state index contributed by atoms with van der Waals surface area (Å²) in [7, 11) is -3.74. The second kappa shape index (κ2) is 7.44. The van der Waals surface area contributed by atoms with Crippen LogP contribution >= 0.6 is 0 Å². The van der Waals surface area contributed by atoms with E-state index in [9.17, 15) is 8.42 Å². The molecule has 0 saturated carbocycles. The van der Waals surface area contributed by atoms with Gasteiger partial charge in [-0.3, -0.25) is 4.72 Å². The highest BCUT2D eigenvalue weighted by molar-refractivity contribution is 7.92. The van der Waals surface area contributed by atoms with Crippen molar-refractivity contribution in [2.24, 2.45) is 0 Å². The Morgan fingerprint density at radius 1 is 0.963 bits per heavy atom. The minimum atomic E-state index is -3.74. The van der Waals surface area contributed by atoms with Gasteiger partial charge in [0.15, 0.2) is 0 Å². The summed E-state index contributed by atoms with van der Waals surface area (Å²) in [5, 5.41) is 0. The van der Waals surface area contributed by atoms with Gasteiger partial charge in [-0.05, 0) is 45.7 Å². The van der Waals surface area contributed by atoms with E-state index in [0.717, 1.165) is 29.8 Å². The van der Waals surface area contributed by atoms with E-state index in [0.29, 0.717) is 41.1 Å². The number of nitrogens with one attached hydrogen (secondary N) is 1. The molecule has 146 valence electrons. The van der Waals surface area contributed by atoms with Crippen molar-refractivity contribution in [3.63, 3.8) is 0 Å². The number of morpholine rings is 1. The summed E-state index contributed by atoms with van der Waals surface area (Å²) in [6.07, 6.45) is 0. The summed E-state index contributed by atoms with van der Waals surface area (Å²) >= 11 is 0. The summed E-state index contributed by atoms with van der Waals surface area (Å²) in [5.41, 5.74) is 4.13. The highest BCUT2D eigenvalue weighted by atomic mass is 32.2. The second-order valence-corrected chi connectivity index (χ2v) is 8.62. The molecule has 2 heterocycles. The zero-order chi connectivity index (χ0) is 19.8. The summed E-state index contributed by atoms with van der Waals surface area (Å²) < 4.78 is 34.2. The maximum absolute atomic E-state index is 13.1. The van der Waals surface area contributed by atoms with Crippen molar-refractivity contribution in [1.29, 1.82) is 0 Å². The Hall–Kier alpha value is -2.19.